The summed E-state index contributed by atoms with van der Waals surface area (Å²) in [5.41, 5.74) is 6.14. The molecule has 1 atom stereocenters. The summed E-state index contributed by atoms with van der Waals surface area (Å²) in [6.45, 7) is 1.82. The first-order valence-corrected chi connectivity index (χ1v) is 8.55. The number of hydrogen-bond acceptors (Lipinski definition) is 3. The van der Waals surface area contributed by atoms with Gasteiger partial charge >= 0.3 is 0 Å². The zero-order chi connectivity index (χ0) is 16.7. The van der Waals surface area contributed by atoms with Gasteiger partial charge in [0.25, 0.3) is 5.91 Å². The molecule has 2 aromatic rings. The molecule has 2 rings (SSSR count). The maximum atomic E-state index is 12.1. The molecule has 0 saturated carbocycles. The van der Waals surface area contributed by atoms with Crippen LogP contribution in [-0.4, -0.2) is 16.3 Å². The highest BCUT2D eigenvalue weighted by Gasteiger charge is 2.14. The number of thiocarbonyl (C=S) groups is 1. The first-order valence-electron chi connectivity index (χ1n) is 6.89. The van der Waals surface area contributed by atoms with Gasteiger partial charge in [0.1, 0.15) is 0 Å². The van der Waals surface area contributed by atoms with E-state index in [-0.39, 0.29) is 11.2 Å². The number of carbonyl (C=O) groups excluding carboxylic acids is 1. The fraction of sp³-hybridized carbons (Fsp3) is 0.125. The van der Waals surface area contributed by atoms with Crippen molar-refractivity contribution in [1.82, 2.24) is 10.9 Å². The first-order chi connectivity index (χ1) is 11.0. The van der Waals surface area contributed by atoms with Crippen molar-refractivity contribution in [2.75, 3.05) is 5.32 Å². The van der Waals surface area contributed by atoms with Gasteiger partial charge in [0.05, 0.1) is 5.25 Å². The van der Waals surface area contributed by atoms with E-state index in [1.165, 1.54) is 11.8 Å². The molecule has 0 aliphatic rings. The summed E-state index contributed by atoms with van der Waals surface area (Å²) in [5.74, 6) is -0.165. The second kappa shape index (κ2) is 8.76. The Hall–Kier alpha value is -1.76. The van der Waals surface area contributed by atoms with Gasteiger partial charge in [0, 0.05) is 15.6 Å². The molecule has 1 amide bonds. The van der Waals surface area contributed by atoms with Crippen LogP contribution in [0.3, 0.4) is 0 Å². The molecule has 0 fully saturated rings. The molecule has 0 radical (unpaired) electrons. The molecule has 0 aliphatic carbocycles. The summed E-state index contributed by atoms with van der Waals surface area (Å²) in [7, 11) is 0. The van der Waals surface area contributed by atoms with E-state index in [0.29, 0.717) is 10.1 Å². The second-order valence-electron chi connectivity index (χ2n) is 4.65. The second-order valence-corrected chi connectivity index (χ2v) is 6.91. The van der Waals surface area contributed by atoms with Gasteiger partial charge in [-0.3, -0.25) is 15.6 Å². The van der Waals surface area contributed by atoms with Gasteiger partial charge in [-0.25, -0.2) is 0 Å². The monoisotopic (exact) mass is 365 g/mol. The van der Waals surface area contributed by atoms with Gasteiger partial charge in [0.15, 0.2) is 5.11 Å². The van der Waals surface area contributed by atoms with Crippen LogP contribution >= 0.6 is 35.6 Å². The number of amides is 1. The summed E-state index contributed by atoms with van der Waals surface area (Å²) in [6, 6.07) is 16.8. The molecular formula is C16H16ClN3OS2. The number of thioether (sulfide) groups is 1. The van der Waals surface area contributed by atoms with E-state index < -0.39 is 0 Å². The number of hydrogen-bond donors (Lipinski definition) is 3. The fourth-order valence-corrected chi connectivity index (χ4v) is 2.84. The van der Waals surface area contributed by atoms with Crippen LogP contribution in [0.2, 0.25) is 5.02 Å². The average Bonchev–Trinajstić information content (AvgIpc) is 2.55. The fourth-order valence-electron chi connectivity index (χ4n) is 1.67. The maximum Gasteiger partial charge on any atom is 0.251 e. The Labute approximate surface area is 150 Å². The number of nitrogens with one attached hydrogen (secondary N) is 3. The lowest BCUT2D eigenvalue weighted by Gasteiger charge is -2.15. The van der Waals surface area contributed by atoms with Gasteiger partial charge in [-0.1, -0.05) is 29.8 Å². The van der Waals surface area contributed by atoms with E-state index >= 15 is 0 Å². The molecule has 120 valence electrons. The van der Waals surface area contributed by atoms with Crippen molar-refractivity contribution in [2.24, 2.45) is 0 Å². The quantitative estimate of drug-likeness (QED) is 0.436. The molecule has 0 aromatic heterocycles. The highest BCUT2D eigenvalue weighted by molar-refractivity contribution is 8.00. The standard InChI is InChI=1S/C16H16ClN3OS2/c1-11(23-14-9-7-12(17)8-10-14)15(21)19-20-16(22)18-13-5-3-2-4-6-13/h2-11H,1H3,(H,19,21)(H2,18,20,22)/t11-/m0/s1. The number of para-hydroxylation sites is 1. The van der Waals surface area contributed by atoms with Gasteiger partial charge in [-0.05, 0) is 55.5 Å². The lowest BCUT2D eigenvalue weighted by atomic mass is 10.3. The van der Waals surface area contributed by atoms with Crippen LogP contribution in [0.1, 0.15) is 6.92 Å². The Morgan fingerprint density at radius 1 is 1.09 bits per heavy atom. The molecule has 0 aliphatic heterocycles. The third-order valence-electron chi connectivity index (χ3n) is 2.83. The number of benzene rings is 2. The maximum absolute atomic E-state index is 12.1. The minimum Gasteiger partial charge on any atom is -0.331 e. The summed E-state index contributed by atoms with van der Waals surface area (Å²) >= 11 is 12.4. The van der Waals surface area contributed by atoms with Gasteiger partial charge < -0.3 is 5.32 Å². The Morgan fingerprint density at radius 2 is 1.74 bits per heavy atom. The van der Waals surface area contributed by atoms with Crippen molar-refractivity contribution >= 4 is 52.3 Å². The van der Waals surface area contributed by atoms with Crippen molar-refractivity contribution in [1.29, 1.82) is 0 Å². The van der Waals surface area contributed by atoms with Crippen LogP contribution < -0.4 is 16.2 Å². The van der Waals surface area contributed by atoms with Crippen molar-refractivity contribution < 1.29 is 4.79 Å². The average molecular weight is 366 g/mol. The molecule has 0 heterocycles. The molecule has 0 unspecified atom stereocenters. The van der Waals surface area contributed by atoms with Gasteiger partial charge in [-0.15, -0.1) is 11.8 Å². The normalized spacial score (nSPS) is 11.4. The van der Waals surface area contributed by atoms with Gasteiger partial charge in [-0.2, -0.15) is 0 Å². The highest BCUT2D eigenvalue weighted by Crippen LogP contribution is 2.24. The van der Waals surface area contributed by atoms with Crippen LogP contribution in [0.25, 0.3) is 0 Å². The number of rotatable bonds is 4. The number of hydrazine groups is 1. The molecule has 23 heavy (non-hydrogen) atoms. The molecule has 7 heteroatoms. The highest BCUT2D eigenvalue weighted by atomic mass is 35.5. The Balaban J connectivity index is 1.77. The van der Waals surface area contributed by atoms with Crippen LogP contribution in [0.15, 0.2) is 59.5 Å². The van der Waals surface area contributed by atoms with Crippen molar-refractivity contribution in [3.05, 3.63) is 59.6 Å². The first kappa shape index (κ1) is 17.6. The van der Waals surface area contributed by atoms with Crippen LogP contribution in [0.5, 0.6) is 0 Å². The van der Waals surface area contributed by atoms with E-state index in [4.69, 9.17) is 23.8 Å². The zero-order valence-corrected chi connectivity index (χ0v) is 14.8. The smallest absolute Gasteiger partial charge is 0.251 e. The Kier molecular flexibility index (Phi) is 6.70. The van der Waals surface area contributed by atoms with Crippen LogP contribution in [-0.2, 0) is 4.79 Å². The predicted octanol–water partition coefficient (Wildman–Crippen LogP) is 3.84. The summed E-state index contributed by atoms with van der Waals surface area (Å²) in [6.07, 6.45) is 0. The van der Waals surface area contributed by atoms with Crippen molar-refractivity contribution in [2.45, 2.75) is 17.1 Å². The SMILES string of the molecule is C[C@H](Sc1ccc(Cl)cc1)C(=O)NNC(=S)Nc1ccccc1. The van der Waals surface area contributed by atoms with E-state index in [0.717, 1.165) is 10.6 Å². The summed E-state index contributed by atoms with van der Waals surface area (Å²) in [5, 5.41) is 3.70. The predicted molar refractivity (Wildman–Crippen MR) is 101 cm³/mol. The van der Waals surface area contributed by atoms with E-state index in [2.05, 4.69) is 16.2 Å². The minimum absolute atomic E-state index is 0.165. The van der Waals surface area contributed by atoms with E-state index in [9.17, 15) is 4.79 Å². The van der Waals surface area contributed by atoms with E-state index in [1.807, 2.05) is 49.4 Å². The molecule has 3 N–H and O–H groups in total. The van der Waals surface area contributed by atoms with E-state index in [1.54, 1.807) is 12.1 Å². The van der Waals surface area contributed by atoms with Crippen molar-refractivity contribution in [3.8, 4) is 0 Å². The third kappa shape index (κ3) is 6.09. The number of halogens is 1. The number of anilines is 1. The number of carbonyl (C=O) groups is 1. The minimum atomic E-state index is -0.275. The van der Waals surface area contributed by atoms with Crippen LogP contribution in [0, 0.1) is 0 Å². The summed E-state index contributed by atoms with van der Waals surface area (Å²) < 4.78 is 0. The zero-order valence-electron chi connectivity index (χ0n) is 12.4. The molecule has 0 bridgehead atoms. The summed E-state index contributed by atoms with van der Waals surface area (Å²) in [4.78, 5) is 13.0. The molecular weight excluding hydrogens is 350 g/mol. The molecule has 0 spiro atoms. The third-order valence-corrected chi connectivity index (χ3v) is 4.39. The lowest BCUT2D eigenvalue weighted by molar-refractivity contribution is -0.120. The molecule has 2 aromatic carbocycles. The topological polar surface area (TPSA) is 53.2 Å². The van der Waals surface area contributed by atoms with Crippen molar-refractivity contribution in [3.63, 3.8) is 0 Å². The van der Waals surface area contributed by atoms with Gasteiger partial charge in [0.2, 0.25) is 0 Å². The Bertz CT molecular complexity index is 665. The Morgan fingerprint density at radius 3 is 2.39 bits per heavy atom. The lowest BCUT2D eigenvalue weighted by Crippen LogP contribution is -2.46. The molecule has 4 nitrogen and oxygen atoms in total. The van der Waals surface area contributed by atoms with Crippen LogP contribution in [0.4, 0.5) is 5.69 Å². The molecule has 0 saturated heterocycles. The largest absolute Gasteiger partial charge is 0.331 e.